The van der Waals surface area contributed by atoms with Gasteiger partial charge in [-0.1, -0.05) is 24.3 Å². The first kappa shape index (κ1) is 19.2. The van der Waals surface area contributed by atoms with E-state index in [0.717, 1.165) is 9.21 Å². The molecule has 7 nitrogen and oxygen atoms in total. The van der Waals surface area contributed by atoms with Crippen LogP contribution in [0.2, 0.25) is 0 Å². The molecular weight excluding hydrogens is 344 g/mol. The van der Waals surface area contributed by atoms with Gasteiger partial charge in [0.15, 0.2) is 0 Å². The summed E-state index contributed by atoms with van der Waals surface area (Å²) in [5.74, 6) is -1.06. The number of nitrogens with zero attached hydrogens (tertiary/aromatic N) is 2. The van der Waals surface area contributed by atoms with Crippen molar-refractivity contribution in [1.29, 1.82) is 0 Å². The molecule has 2 N–H and O–H groups in total. The lowest BCUT2D eigenvalue weighted by Gasteiger charge is -2.31. The number of hydrogen-bond acceptors (Lipinski definition) is 4. The summed E-state index contributed by atoms with van der Waals surface area (Å²) < 4.78 is 22.0. The van der Waals surface area contributed by atoms with Crippen molar-refractivity contribution < 1.29 is 23.5 Å². The van der Waals surface area contributed by atoms with Crippen molar-refractivity contribution in [3.8, 4) is 0 Å². The molecular formula is C17H20N2O5S. The van der Waals surface area contributed by atoms with Crippen molar-refractivity contribution in [3.05, 3.63) is 60.7 Å². The minimum Gasteiger partial charge on any atom is -0.389 e. The fraction of sp³-hybridized carbons (Fsp3) is 0.294. The highest BCUT2D eigenvalue weighted by Crippen LogP contribution is 2.26. The lowest BCUT2D eigenvalue weighted by atomic mass is 10.1. The zero-order valence-corrected chi connectivity index (χ0v) is 14.6. The smallest absolute Gasteiger partial charge is 0.262 e. The van der Waals surface area contributed by atoms with Crippen molar-refractivity contribution in [2.75, 3.05) is 6.54 Å². The van der Waals surface area contributed by atoms with E-state index in [1.807, 2.05) is 0 Å². The van der Waals surface area contributed by atoms with E-state index in [-0.39, 0.29) is 17.7 Å². The van der Waals surface area contributed by atoms with Gasteiger partial charge < -0.3 is 5.11 Å². The molecule has 1 heterocycles. The molecule has 8 heteroatoms. The van der Waals surface area contributed by atoms with E-state index in [1.165, 1.54) is 24.3 Å². The number of fused-ring (bicyclic) bond motifs is 1. The number of aliphatic hydroxyl groups is 1. The van der Waals surface area contributed by atoms with Gasteiger partial charge in [-0.3, -0.25) is 19.0 Å². The average molecular weight is 364 g/mol. The first-order valence-electron chi connectivity index (χ1n) is 7.61. The lowest BCUT2D eigenvalue weighted by molar-refractivity contribution is 0.0385. The zero-order valence-electron chi connectivity index (χ0n) is 13.7. The summed E-state index contributed by atoms with van der Waals surface area (Å²) >= 11 is -2.35. The molecule has 0 fully saturated rings. The van der Waals surface area contributed by atoms with Crippen molar-refractivity contribution in [3.63, 3.8) is 0 Å². The van der Waals surface area contributed by atoms with Gasteiger partial charge in [0.1, 0.15) is 0 Å². The summed E-state index contributed by atoms with van der Waals surface area (Å²) in [6.07, 6.45) is 1.44. The van der Waals surface area contributed by atoms with Gasteiger partial charge in [-0.15, -0.1) is 13.2 Å². The topological polar surface area (TPSA) is 98.2 Å². The Hall–Kier alpha value is -2.13. The lowest BCUT2D eigenvalue weighted by Crippen LogP contribution is -2.51. The molecule has 4 atom stereocenters. The standard InChI is InChI=1S/C17H20N2O5S/c1-4-11(3)18(25(23)24)10-15(20)14(5-2)19-16(21)12-8-6-7-9-13(12)17(19)22/h4-9,11,14-15,20H,1-2,10H2,3H3,(H,23,24)/t11-,14+,15+/m1/s1. The zero-order chi connectivity index (χ0) is 18.7. The number of carbonyl (C=O) groups excluding carboxylic acids is 2. The van der Waals surface area contributed by atoms with Crippen molar-refractivity contribution in [2.45, 2.75) is 25.1 Å². The van der Waals surface area contributed by atoms with Gasteiger partial charge >= 0.3 is 0 Å². The predicted octanol–water partition coefficient (Wildman–Crippen LogP) is 1.21. The normalized spacial score (nSPS) is 18.6. The second-order valence-electron chi connectivity index (χ2n) is 5.63. The summed E-state index contributed by atoms with van der Waals surface area (Å²) in [4.78, 5) is 26.0. The monoisotopic (exact) mass is 364 g/mol. The van der Waals surface area contributed by atoms with E-state index in [4.69, 9.17) is 0 Å². The van der Waals surface area contributed by atoms with Crippen molar-refractivity contribution in [1.82, 2.24) is 9.21 Å². The Morgan fingerprint density at radius 2 is 1.72 bits per heavy atom. The molecule has 0 aromatic heterocycles. The fourth-order valence-electron chi connectivity index (χ4n) is 2.70. The van der Waals surface area contributed by atoms with Crippen LogP contribution in [0, 0.1) is 0 Å². The van der Waals surface area contributed by atoms with Crippen LogP contribution in [0.25, 0.3) is 0 Å². The molecule has 0 bridgehead atoms. The minimum absolute atomic E-state index is 0.250. The van der Waals surface area contributed by atoms with Crippen LogP contribution in [-0.2, 0) is 11.3 Å². The van der Waals surface area contributed by atoms with Crippen LogP contribution in [0.1, 0.15) is 27.6 Å². The number of imide groups is 1. The molecule has 0 saturated carbocycles. The second kappa shape index (κ2) is 7.83. The van der Waals surface area contributed by atoms with E-state index < -0.39 is 41.3 Å². The van der Waals surface area contributed by atoms with Crippen LogP contribution in [0.5, 0.6) is 0 Å². The maximum Gasteiger partial charge on any atom is 0.262 e. The number of hydrogen-bond donors (Lipinski definition) is 2. The quantitative estimate of drug-likeness (QED) is 0.410. The van der Waals surface area contributed by atoms with Gasteiger partial charge in [0.25, 0.3) is 11.8 Å². The van der Waals surface area contributed by atoms with E-state index in [0.29, 0.717) is 0 Å². The maximum absolute atomic E-state index is 12.5. The third kappa shape index (κ3) is 3.62. The van der Waals surface area contributed by atoms with E-state index in [9.17, 15) is 23.5 Å². The molecule has 1 aromatic rings. The Bertz CT molecular complexity index is 701. The van der Waals surface area contributed by atoms with Crippen LogP contribution < -0.4 is 0 Å². The molecule has 1 aliphatic heterocycles. The van der Waals surface area contributed by atoms with Gasteiger partial charge in [0, 0.05) is 12.6 Å². The van der Waals surface area contributed by atoms with E-state index in [2.05, 4.69) is 13.2 Å². The largest absolute Gasteiger partial charge is 0.389 e. The molecule has 0 spiro atoms. The van der Waals surface area contributed by atoms with Crippen LogP contribution in [0.4, 0.5) is 0 Å². The van der Waals surface area contributed by atoms with Gasteiger partial charge in [0.05, 0.1) is 23.3 Å². The summed E-state index contributed by atoms with van der Waals surface area (Å²) in [5, 5.41) is 10.5. The molecule has 2 amide bonds. The van der Waals surface area contributed by atoms with Crippen molar-refractivity contribution >= 4 is 23.1 Å². The Labute approximate surface area is 148 Å². The molecule has 0 aliphatic carbocycles. The van der Waals surface area contributed by atoms with Crippen LogP contribution in [-0.4, -0.2) is 59.6 Å². The average Bonchev–Trinajstić information content (AvgIpc) is 2.85. The minimum atomic E-state index is -2.35. The molecule has 134 valence electrons. The summed E-state index contributed by atoms with van der Waals surface area (Å²) in [7, 11) is 0. The fourth-order valence-corrected chi connectivity index (χ4v) is 3.35. The van der Waals surface area contributed by atoms with Gasteiger partial charge in [-0.05, 0) is 19.1 Å². The summed E-state index contributed by atoms with van der Waals surface area (Å²) in [6.45, 7) is 8.54. The highest BCUT2D eigenvalue weighted by molar-refractivity contribution is 7.76. The highest BCUT2D eigenvalue weighted by atomic mass is 32.2. The van der Waals surface area contributed by atoms with E-state index in [1.54, 1.807) is 19.1 Å². The van der Waals surface area contributed by atoms with Crippen molar-refractivity contribution in [2.24, 2.45) is 0 Å². The second-order valence-corrected chi connectivity index (χ2v) is 6.56. The first-order valence-corrected chi connectivity index (χ1v) is 8.67. The number of benzene rings is 1. The Morgan fingerprint density at radius 1 is 1.20 bits per heavy atom. The Balaban J connectivity index is 2.26. The van der Waals surface area contributed by atoms with Gasteiger partial charge in [-0.2, -0.15) is 4.31 Å². The summed E-state index contributed by atoms with van der Waals surface area (Å²) in [6, 6.07) is 4.85. The molecule has 2 rings (SSSR count). The third-order valence-corrected chi connectivity index (χ3v) is 5.01. The third-order valence-electron chi connectivity index (χ3n) is 4.12. The number of amides is 2. The molecule has 0 saturated heterocycles. The first-order chi connectivity index (χ1) is 11.8. The SMILES string of the molecule is C=C[C@@H](C)N(C[C@H](O)[C@H](C=C)N1C(=O)c2ccccc2C1=O)S(=O)O. The Morgan fingerprint density at radius 3 is 2.12 bits per heavy atom. The van der Waals surface area contributed by atoms with Gasteiger partial charge in [-0.25, -0.2) is 4.21 Å². The molecule has 1 aromatic carbocycles. The van der Waals surface area contributed by atoms with Crippen LogP contribution in [0.3, 0.4) is 0 Å². The number of rotatable bonds is 8. The predicted molar refractivity (Wildman–Crippen MR) is 94.1 cm³/mol. The number of aliphatic hydroxyl groups excluding tert-OH is 1. The van der Waals surface area contributed by atoms with Gasteiger partial charge in [0.2, 0.25) is 11.3 Å². The molecule has 0 radical (unpaired) electrons. The molecule has 1 unspecified atom stereocenters. The molecule has 25 heavy (non-hydrogen) atoms. The van der Waals surface area contributed by atoms with Crippen LogP contribution >= 0.6 is 0 Å². The van der Waals surface area contributed by atoms with E-state index >= 15 is 0 Å². The Kier molecular flexibility index (Phi) is 6.02. The maximum atomic E-state index is 12.5. The van der Waals surface area contributed by atoms with Crippen LogP contribution in [0.15, 0.2) is 49.6 Å². The summed E-state index contributed by atoms with van der Waals surface area (Å²) in [5.41, 5.74) is 0.516. The molecule has 1 aliphatic rings. The number of carbonyl (C=O) groups is 2. The highest BCUT2D eigenvalue weighted by Gasteiger charge is 2.41.